The van der Waals surface area contributed by atoms with Gasteiger partial charge in [0.15, 0.2) is 0 Å². The number of nitrogens with zero attached hydrogens (tertiary/aromatic N) is 5. The highest BCUT2D eigenvalue weighted by atomic mass is 32.2. The van der Waals surface area contributed by atoms with Gasteiger partial charge in [-0.2, -0.15) is 14.8 Å². The monoisotopic (exact) mass is 396 g/mol. The highest BCUT2D eigenvalue weighted by Crippen LogP contribution is 2.24. The Morgan fingerprint density at radius 2 is 2.11 bits per heavy atom. The molecule has 1 N–H and O–H groups in total. The summed E-state index contributed by atoms with van der Waals surface area (Å²) < 4.78 is 7.69. The summed E-state index contributed by atoms with van der Waals surface area (Å²) in [6.07, 6.45) is 4.95. The van der Waals surface area contributed by atoms with Gasteiger partial charge in [0.2, 0.25) is 11.1 Å². The van der Waals surface area contributed by atoms with Crippen LogP contribution in [-0.2, 0) is 4.74 Å². The second-order valence-electron chi connectivity index (χ2n) is 6.03. The Morgan fingerprint density at radius 3 is 2.79 bits per heavy atom. The molecule has 0 saturated carbocycles. The third kappa shape index (κ3) is 2.97. The van der Waals surface area contributed by atoms with Crippen LogP contribution in [0.3, 0.4) is 0 Å². The van der Waals surface area contributed by atoms with Crippen LogP contribution in [-0.4, -0.2) is 48.9 Å². The van der Waals surface area contributed by atoms with E-state index in [-0.39, 0.29) is 22.4 Å². The Balaban J connectivity index is 1.98. The first-order chi connectivity index (χ1) is 13.5. The zero-order valence-electron chi connectivity index (χ0n) is 15.3. The molecule has 1 aromatic heterocycles. The first-order valence-electron chi connectivity index (χ1n) is 8.29. The number of nitrogens with one attached hydrogen (secondary N) is 1. The van der Waals surface area contributed by atoms with Crippen LogP contribution in [0, 0.1) is 6.92 Å². The highest BCUT2D eigenvalue weighted by molar-refractivity contribution is 7.98. The van der Waals surface area contributed by atoms with E-state index < -0.39 is 5.97 Å². The summed E-state index contributed by atoms with van der Waals surface area (Å²) in [6.45, 7) is 1.93. The van der Waals surface area contributed by atoms with Crippen molar-refractivity contribution >= 4 is 17.7 Å². The minimum absolute atomic E-state index is 0.158. The first kappa shape index (κ1) is 18.0. The topological polar surface area (TPSA) is 108 Å². The first-order valence-corrected chi connectivity index (χ1v) is 9.51. The van der Waals surface area contributed by atoms with Gasteiger partial charge in [0, 0.05) is 12.4 Å². The number of aromatic nitrogens is 6. The maximum absolute atomic E-state index is 13.0. The van der Waals surface area contributed by atoms with Gasteiger partial charge >= 0.3 is 5.97 Å². The van der Waals surface area contributed by atoms with Crippen LogP contribution >= 0.6 is 11.8 Å². The van der Waals surface area contributed by atoms with Crippen LogP contribution in [0.2, 0.25) is 0 Å². The van der Waals surface area contributed by atoms with Crippen LogP contribution in [0.5, 0.6) is 0 Å². The van der Waals surface area contributed by atoms with Gasteiger partial charge in [0.1, 0.15) is 11.3 Å². The summed E-state index contributed by atoms with van der Waals surface area (Å²) in [7, 11) is 1.28. The third-order valence-electron chi connectivity index (χ3n) is 4.20. The van der Waals surface area contributed by atoms with Crippen molar-refractivity contribution in [2.24, 2.45) is 0 Å². The van der Waals surface area contributed by atoms with Gasteiger partial charge in [-0.25, -0.2) is 9.89 Å². The molecule has 0 aliphatic carbocycles. The summed E-state index contributed by atoms with van der Waals surface area (Å²) in [6, 6.07) is 7.41. The molecule has 4 rings (SSSR count). The lowest BCUT2D eigenvalue weighted by Crippen LogP contribution is -2.15. The molecule has 0 bridgehead atoms. The average Bonchev–Trinajstić information content (AvgIpc) is 3.32. The van der Waals surface area contributed by atoms with Gasteiger partial charge in [0.05, 0.1) is 18.4 Å². The Morgan fingerprint density at radius 1 is 1.29 bits per heavy atom. The molecule has 10 heteroatoms. The van der Waals surface area contributed by atoms with Crippen molar-refractivity contribution in [2.45, 2.75) is 12.1 Å². The number of carbonyl (C=O) groups excluding carboxylic acids is 1. The molecule has 0 unspecified atom stereocenters. The van der Waals surface area contributed by atoms with Crippen molar-refractivity contribution in [3.63, 3.8) is 0 Å². The zero-order chi connectivity index (χ0) is 19.8. The second kappa shape index (κ2) is 6.97. The van der Waals surface area contributed by atoms with Gasteiger partial charge in [-0.15, -0.1) is 5.10 Å². The number of rotatable bonds is 4. The van der Waals surface area contributed by atoms with Crippen LogP contribution in [0.25, 0.3) is 22.9 Å². The number of hydrogen-bond donors (Lipinski definition) is 1. The van der Waals surface area contributed by atoms with Crippen molar-refractivity contribution in [3.05, 3.63) is 58.1 Å². The maximum Gasteiger partial charge on any atom is 0.341 e. The van der Waals surface area contributed by atoms with Crippen molar-refractivity contribution in [1.29, 1.82) is 0 Å². The predicted octanol–water partition coefficient (Wildman–Crippen LogP) is 2.06. The van der Waals surface area contributed by atoms with Gasteiger partial charge in [-0.05, 0) is 30.9 Å². The van der Waals surface area contributed by atoms with E-state index in [1.165, 1.54) is 34.3 Å². The molecule has 3 heterocycles. The number of benzene rings is 1. The molecule has 1 aromatic carbocycles. The minimum Gasteiger partial charge on any atom is -0.465 e. The molecule has 0 amide bonds. The van der Waals surface area contributed by atoms with Gasteiger partial charge in [-0.1, -0.05) is 23.9 Å². The Labute approximate surface area is 163 Å². The molecule has 9 nitrogen and oxygen atoms in total. The summed E-state index contributed by atoms with van der Waals surface area (Å²) in [5.41, 5.74) is 1.96. The summed E-state index contributed by atoms with van der Waals surface area (Å²) in [4.78, 5) is 29.7. The van der Waals surface area contributed by atoms with E-state index in [4.69, 9.17) is 4.74 Å². The number of ether oxygens (including phenoxy) is 1. The zero-order valence-corrected chi connectivity index (χ0v) is 16.1. The van der Waals surface area contributed by atoms with Gasteiger partial charge in [0.25, 0.3) is 5.56 Å². The third-order valence-corrected chi connectivity index (χ3v) is 4.75. The van der Waals surface area contributed by atoms with E-state index in [0.717, 1.165) is 5.56 Å². The molecule has 2 aromatic rings. The smallest absolute Gasteiger partial charge is 0.341 e. The molecule has 0 atom stereocenters. The van der Waals surface area contributed by atoms with Crippen molar-refractivity contribution < 1.29 is 9.53 Å². The van der Waals surface area contributed by atoms with Crippen molar-refractivity contribution in [3.8, 4) is 22.9 Å². The molecule has 142 valence electrons. The number of esters is 1. The van der Waals surface area contributed by atoms with Gasteiger partial charge < -0.3 is 4.74 Å². The number of hydrogen-bond acceptors (Lipinski definition) is 7. The van der Waals surface area contributed by atoms with E-state index in [9.17, 15) is 9.59 Å². The van der Waals surface area contributed by atoms with E-state index in [1.807, 2.05) is 31.4 Å². The lowest BCUT2D eigenvalue weighted by Gasteiger charge is -2.08. The highest BCUT2D eigenvalue weighted by Gasteiger charge is 2.25. The Hall–Kier alpha value is -3.40. The molecule has 2 aliphatic heterocycles. The van der Waals surface area contributed by atoms with Gasteiger partial charge in [-0.3, -0.25) is 9.36 Å². The van der Waals surface area contributed by atoms with Crippen LogP contribution in [0.1, 0.15) is 15.9 Å². The number of methoxy groups -OCH3 is 1. The number of pyridine rings is 1. The molecule has 0 radical (unpaired) electrons. The van der Waals surface area contributed by atoms with E-state index in [2.05, 4.69) is 20.3 Å². The van der Waals surface area contributed by atoms with E-state index >= 15 is 0 Å². The van der Waals surface area contributed by atoms with E-state index in [1.54, 1.807) is 12.3 Å². The molecule has 28 heavy (non-hydrogen) atoms. The average molecular weight is 396 g/mol. The summed E-state index contributed by atoms with van der Waals surface area (Å²) in [5.74, 6) is -0.225. The molecule has 2 aliphatic rings. The quantitative estimate of drug-likeness (QED) is 0.415. The second-order valence-corrected chi connectivity index (χ2v) is 6.81. The maximum atomic E-state index is 13.0. The van der Waals surface area contributed by atoms with Crippen molar-refractivity contribution in [1.82, 2.24) is 29.5 Å². The number of fused-ring (bicyclic) bond motifs is 1. The molecular weight excluding hydrogens is 380 g/mol. The molecule has 0 fully saturated rings. The Kier molecular flexibility index (Phi) is 4.47. The fourth-order valence-corrected chi connectivity index (χ4v) is 3.18. The number of aromatic amines is 1. The SMILES string of the molecule is COC(=O)c1cn(-c2nc(SC)n[nH]2)cc2c(=O)n(-c3cccc(C)c3)nc1-2. The van der Waals surface area contributed by atoms with Crippen LogP contribution < -0.4 is 5.56 Å². The number of thioether (sulfide) groups is 1. The molecular formula is C18H16N6O3S. The summed E-state index contributed by atoms with van der Waals surface area (Å²) >= 11 is 1.37. The predicted molar refractivity (Wildman–Crippen MR) is 104 cm³/mol. The largest absolute Gasteiger partial charge is 0.465 e. The van der Waals surface area contributed by atoms with Crippen LogP contribution in [0.15, 0.2) is 46.6 Å². The lowest BCUT2D eigenvalue weighted by atomic mass is 10.1. The summed E-state index contributed by atoms with van der Waals surface area (Å²) in [5, 5.41) is 11.8. The normalized spacial score (nSPS) is 11.1. The number of H-pyrrole nitrogens is 1. The van der Waals surface area contributed by atoms with E-state index in [0.29, 0.717) is 16.8 Å². The molecule has 0 saturated heterocycles. The Bertz CT molecular complexity index is 1210. The van der Waals surface area contributed by atoms with Crippen LogP contribution in [0.4, 0.5) is 0 Å². The minimum atomic E-state index is -0.599. The lowest BCUT2D eigenvalue weighted by molar-refractivity contribution is 0.0600. The fourth-order valence-electron chi connectivity index (χ4n) is 2.87. The fraction of sp³-hybridized carbons (Fsp3) is 0.167. The van der Waals surface area contributed by atoms with Crippen molar-refractivity contribution in [2.75, 3.05) is 13.4 Å². The molecule has 0 spiro atoms. The number of carbonyl (C=O) groups is 1. The standard InChI is InChI=1S/C18H16N6O3S/c1-10-5-4-6-11(7-10)24-15(25)12-8-23(17-19-18(28-3)21-20-17)9-13(14(12)22-24)16(26)27-2/h4-9H,1-3H3,(H,19,20,21). The number of aryl methyl sites for hydroxylation is 1.